The van der Waals surface area contributed by atoms with Crippen molar-refractivity contribution >= 4 is 5.69 Å². The Morgan fingerprint density at radius 1 is 1.12 bits per heavy atom. The molecule has 0 aliphatic rings. The minimum absolute atomic E-state index is 0.185. The van der Waals surface area contributed by atoms with Crippen LogP contribution in [0.25, 0.3) is 0 Å². The average Bonchev–Trinajstić information content (AvgIpc) is 2.13. The van der Waals surface area contributed by atoms with E-state index in [4.69, 9.17) is 0 Å². The second-order valence-corrected chi connectivity index (χ2v) is 4.59. The van der Waals surface area contributed by atoms with Crippen LogP contribution in [0.15, 0.2) is 28.4 Å². The van der Waals surface area contributed by atoms with Crippen LogP contribution < -0.4 is 0 Å². The highest BCUT2D eigenvalue weighted by Gasteiger charge is 2.27. The Hall–Kier alpha value is -1.59. The Kier molecular flexibility index (Phi) is 3.45. The predicted molar refractivity (Wildman–Crippen MR) is 57.4 cm³/mol. The SMILES string of the molecule is CC(C)(C)c1cccc(N=NC(F)(F)F)c1O. The van der Waals surface area contributed by atoms with Gasteiger partial charge in [0.25, 0.3) is 0 Å². The number of phenolic OH excluding ortho intramolecular Hbond substituents is 1. The Morgan fingerprint density at radius 2 is 1.71 bits per heavy atom. The number of nitrogens with zero attached hydrogens (tertiary/aromatic N) is 2. The second kappa shape index (κ2) is 4.35. The maximum atomic E-state index is 11.9. The summed E-state index contributed by atoms with van der Waals surface area (Å²) in [6.45, 7) is 5.52. The zero-order valence-corrected chi connectivity index (χ0v) is 9.71. The summed E-state index contributed by atoms with van der Waals surface area (Å²) in [4.78, 5) is 0. The normalized spacial score (nSPS) is 13.3. The van der Waals surface area contributed by atoms with E-state index in [1.807, 2.05) is 20.8 Å². The van der Waals surface area contributed by atoms with Crippen molar-refractivity contribution in [3.8, 4) is 5.75 Å². The number of benzene rings is 1. The largest absolute Gasteiger partial charge is 0.521 e. The fourth-order valence-electron chi connectivity index (χ4n) is 1.33. The highest BCUT2D eigenvalue weighted by molar-refractivity contribution is 5.56. The number of aromatic hydroxyl groups is 1. The van der Waals surface area contributed by atoms with Gasteiger partial charge in [-0.25, -0.2) is 0 Å². The molecule has 0 atom stereocenters. The number of rotatable bonds is 1. The molecule has 0 bridgehead atoms. The third-order valence-electron chi connectivity index (χ3n) is 2.09. The number of phenols is 1. The van der Waals surface area contributed by atoms with Crippen LogP contribution in [0, 0.1) is 0 Å². The molecule has 0 radical (unpaired) electrons. The molecule has 17 heavy (non-hydrogen) atoms. The molecule has 0 saturated carbocycles. The summed E-state index contributed by atoms with van der Waals surface area (Å²) in [6.07, 6.45) is -4.73. The van der Waals surface area contributed by atoms with E-state index in [2.05, 4.69) is 10.2 Å². The molecular formula is C11H13F3N2O. The van der Waals surface area contributed by atoms with Crippen molar-refractivity contribution in [2.24, 2.45) is 10.2 Å². The van der Waals surface area contributed by atoms with Crippen LogP contribution in [0.3, 0.4) is 0 Å². The molecule has 6 heteroatoms. The van der Waals surface area contributed by atoms with Crippen molar-refractivity contribution in [2.45, 2.75) is 32.5 Å². The first kappa shape index (κ1) is 13.5. The molecule has 94 valence electrons. The Labute approximate surface area is 97.0 Å². The topological polar surface area (TPSA) is 45.0 Å². The van der Waals surface area contributed by atoms with Crippen molar-refractivity contribution in [3.05, 3.63) is 23.8 Å². The molecule has 0 aliphatic heterocycles. The van der Waals surface area contributed by atoms with Gasteiger partial charge in [0.05, 0.1) is 0 Å². The van der Waals surface area contributed by atoms with Crippen molar-refractivity contribution in [3.63, 3.8) is 0 Å². The van der Waals surface area contributed by atoms with E-state index in [9.17, 15) is 18.3 Å². The molecule has 3 nitrogen and oxygen atoms in total. The van der Waals surface area contributed by atoms with E-state index < -0.39 is 6.30 Å². The van der Waals surface area contributed by atoms with Gasteiger partial charge in [-0.2, -0.15) is 0 Å². The lowest BCUT2D eigenvalue weighted by molar-refractivity contribution is -0.125. The summed E-state index contributed by atoms with van der Waals surface area (Å²) >= 11 is 0. The molecule has 1 rings (SSSR count). The van der Waals surface area contributed by atoms with E-state index in [1.54, 1.807) is 6.07 Å². The first-order valence-electron chi connectivity index (χ1n) is 4.93. The lowest BCUT2D eigenvalue weighted by Crippen LogP contribution is -2.11. The van der Waals surface area contributed by atoms with Crippen molar-refractivity contribution in [1.29, 1.82) is 0 Å². The monoisotopic (exact) mass is 246 g/mol. The number of alkyl halides is 3. The summed E-state index contributed by atoms with van der Waals surface area (Å²) in [5.41, 5.74) is -0.0423. The maximum absolute atomic E-state index is 11.9. The van der Waals surface area contributed by atoms with Gasteiger partial charge >= 0.3 is 6.30 Å². The summed E-state index contributed by atoms with van der Waals surface area (Å²) < 4.78 is 35.6. The van der Waals surface area contributed by atoms with Crippen LogP contribution in [0.4, 0.5) is 18.9 Å². The highest BCUT2D eigenvalue weighted by atomic mass is 19.4. The molecule has 0 fully saturated rings. The first-order valence-corrected chi connectivity index (χ1v) is 4.93. The first-order chi connectivity index (χ1) is 7.61. The van der Waals surface area contributed by atoms with Gasteiger partial charge < -0.3 is 5.11 Å². The van der Waals surface area contributed by atoms with Gasteiger partial charge in [0, 0.05) is 5.56 Å². The molecule has 0 amide bonds. The number of hydrogen-bond acceptors (Lipinski definition) is 3. The number of para-hydroxylation sites is 1. The lowest BCUT2D eigenvalue weighted by Gasteiger charge is -2.20. The highest BCUT2D eigenvalue weighted by Crippen LogP contribution is 2.38. The molecule has 0 aromatic heterocycles. The summed E-state index contributed by atoms with van der Waals surface area (Å²) in [7, 11) is 0. The average molecular weight is 246 g/mol. The fraction of sp³-hybridized carbons (Fsp3) is 0.455. The molecule has 0 spiro atoms. The van der Waals surface area contributed by atoms with Crippen molar-refractivity contribution < 1.29 is 18.3 Å². The quantitative estimate of drug-likeness (QED) is 0.583. The Morgan fingerprint density at radius 3 is 2.18 bits per heavy atom. The molecule has 0 aliphatic carbocycles. The van der Waals surface area contributed by atoms with Gasteiger partial charge in [-0.1, -0.05) is 38.0 Å². The minimum Gasteiger partial charge on any atom is -0.505 e. The summed E-state index contributed by atoms with van der Waals surface area (Å²) in [6, 6.07) is 4.45. The molecule has 1 N–H and O–H groups in total. The third kappa shape index (κ3) is 3.72. The van der Waals surface area contributed by atoms with E-state index in [1.165, 1.54) is 12.1 Å². The van der Waals surface area contributed by atoms with Crippen LogP contribution in [0.2, 0.25) is 0 Å². The van der Waals surface area contributed by atoms with E-state index in [0.29, 0.717) is 5.56 Å². The van der Waals surface area contributed by atoms with E-state index in [0.717, 1.165) is 0 Å². The van der Waals surface area contributed by atoms with Crippen molar-refractivity contribution in [1.82, 2.24) is 0 Å². The van der Waals surface area contributed by atoms with Crippen LogP contribution in [0.5, 0.6) is 5.75 Å². The van der Waals surface area contributed by atoms with Gasteiger partial charge in [-0.15, -0.1) is 18.3 Å². The zero-order chi connectivity index (χ0) is 13.3. The van der Waals surface area contributed by atoms with Gasteiger partial charge in [0.15, 0.2) is 0 Å². The molecule has 0 heterocycles. The molecule has 0 unspecified atom stereocenters. The predicted octanol–water partition coefficient (Wildman–Crippen LogP) is 4.29. The summed E-state index contributed by atoms with van der Waals surface area (Å²) in [5, 5.41) is 15.0. The molecule has 1 aromatic rings. The fourth-order valence-corrected chi connectivity index (χ4v) is 1.33. The zero-order valence-electron chi connectivity index (χ0n) is 9.71. The van der Waals surface area contributed by atoms with E-state index in [-0.39, 0.29) is 16.9 Å². The maximum Gasteiger partial charge on any atom is 0.521 e. The van der Waals surface area contributed by atoms with Gasteiger partial charge in [-0.3, -0.25) is 0 Å². The Bertz CT molecular complexity index is 433. The smallest absolute Gasteiger partial charge is 0.505 e. The number of halogens is 3. The van der Waals surface area contributed by atoms with Gasteiger partial charge in [-0.05, 0) is 11.5 Å². The number of hydrogen-bond donors (Lipinski definition) is 1. The standard InChI is InChI=1S/C11H13F3N2O/c1-10(2,3)7-5-4-6-8(9(7)17)15-16-11(12,13)14/h4-6,17H,1-3H3. The number of azo groups is 1. The molecule has 0 saturated heterocycles. The van der Waals surface area contributed by atoms with Gasteiger partial charge in [0.2, 0.25) is 0 Å². The second-order valence-electron chi connectivity index (χ2n) is 4.59. The minimum atomic E-state index is -4.73. The van der Waals surface area contributed by atoms with Gasteiger partial charge in [0.1, 0.15) is 11.4 Å². The van der Waals surface area contributed by atoms with Crippen molar-refractivity contribution in [2.75, 3.05) is 0 Å². The summed E-state index contributed by atoms with van der Waals surface area (Å²) in [5.74, 6) is -0.270. The molecular weight excluding hydrogens is 233 g/mol. The van der Waals surface area contributed by atoms with E-state index >= 15 is 0 Å². The lowest BCUT2D eigenvalue weighted by atomic mass is 9.86. The van der Waals surface area contributed by atoms with Crippen LogP contribution >= 0.6 is 0 Å². The molecule has 1 aromatic carbocycles. The van der Waals surface area contributed by atoms with Crippen LogP contribution in [-0.2, 0) is 5.41 Å². The third-order valence-corrected chi connectivity index (χ3v) is 2.09. The Balaban J connectivity index is 3.17. The van der Waals surface area contributed by atoms with Crippen LogP contribution in [-0.4, -0.2) is 11.4 Å². The van der Waals surface area contributed by atoms with Crippen LogP contribution in [0.1, 0.15) is 26.3 Å².